The monoisotopic (exact) mass is 388 g/mol. The van der Waals surface area contributed by atoms with E-state index in [0.717, 1.165) is 23.5 Å². The van der Waals surface area contributed by atoms with Gasteiger partial charge >= 0.3 is 6.18 Å². The summed E-state index contributed by atoms with van der Waals surface area (Å²) in [6, 6.07) is 12.5. The second-order valence-corrected chi connectivity index (χ2v) is 6.45. The summed E-state index contributed by atoms with van der Waals surface area (Å²) in [6.07, 6.45) is -4.41. The predicted octanol–water partition coefficient (Wildman–Crippen LogP) is 4.59. The number of nitriles is 1. The van der Waals surface area contributed by atoms with Crippen molar-refractivity contribution in [2.45, 2.75) is 6.18 Å². The Morgan fingerprint density at radius 1 is 1.19 bits per heavy atom. The minimum atomic E-state index is -4.41. The molecule has 5 nitrogen and oxygen atoms in total. The van der Waals surface area contributed by atoms with E-state index < -0.39 is 11.7 Å². The van der Waals surface area contributed by atoms with Crippen LogP contribution in [0.25, 0.3) is 0 Å². The lowest BCUT2D eigenvalue weighted by Crippen LogP contribution is -2.04. The molecule has 27 heavy (non-hydrogen) atoms. The van der Waals surface area contributed by atoms with E-state index in [1.807, 2.05) is 6.07 Å². The van der Waals surface area contributed by atoms with E-state index in [4.69, 9.17) is 11.0 Å². The van der Waals surface area contributed by atoms with Crippen molar-refractivity contribution < 1.29 is 18.0 Å². The molecule has 2 aromatic carbocycles. The molecule has 0 fully saturated rings. The number of carbonyl (C=O) groups excluding carboxylic acids is 1. The molecule has 3 rings (SSSR count). The van der Waals surface area contributed by atoms with Crippen molar-refractivity contribution in [3.05, 3.63) is 70.1 Å². The lowest BCUT2D eigenvalue weighted by molar-refractivity contribution is -0.137. The van der Waals surface area contributed by atoms with Gasteiger partial charge in [0.05, 0.1) is 17.2 Å². The number of thiazole rings is 1. The number of nitrogens with zero attached hydrogens (tertiary/aromatic N) is 2. The molecule has 0 bridgehead atoms. The highest BCUT2D eigenvalue weighted by Crippen LogP contribution is 2.32. The molecule has 0 aliphatic heterocycles. The van der Waals surface area contributed by atoms with Crippen LogP contribution in [0.15, 0.2) is 48.5 Å². The van der Waals surface area contributed by atoms with Gasteiger partial charge in [-0.05, 0) is 36.4 Å². The first kappa shape index (κ1) is 18.4. The molecule has 0 radical (unpaired) electrons. The van der Waals surface area contributed by atoms with Gasteiger partial charge in [0, 0.05) is 11.3 Å². The van der Waals surface area contributed by atoms with E-state index in [1.165, 1.54) is 18.2 Å². The van der Waals surface area contributed by atoms with E-state index in [0.29, 0.717) is 16.8 Å². The minimum absolute atomic E-state index is 0.00164. The van der Waals surface area contributed by atoms with Crippen molar-refractivity contribution in [1.29, 1.82) is 5.26 Å². The Kier molecular flexibility index (Phi) is 4.83. The zero-order valence-electron chi connectivity index (χ0n) is 13.5. The van der Waals surface area contributed by atoms with Crippen molar-refractivity contribution in [2.24, 2.45) is 0 Å². The van der Waals surface area contributed by atoms with Crippen LogP contribution in [0.1, 0.15) is 26.4 Å². The van der Waals surface area contributed by atoms with Gasteiger partial charge < -0.3 is 11.1 Å². The van der Waals surface area contributed by atoms with Gasteiger partial charge in [0.1, 0.15) is 10.7 Å². The summed E-state index contributed by atoms with van der Waals surface area (Å²) in [5, 5.41) is 12.0. The standard InChI is InChI=1S/C18H11F3N4OS/c19-18(20,21)12-4-6-13(7-5-12)24-17-25-16(23)15(27-17)14(26)11-3-1-2-10(8-11)9-22/h1-8H,23H2,(H,24,25). The summed E-state index contributed by atoms with van der Waals surface area (Å²) in [4.78, 5) is 16.8. The third-order valence-corrected chi connectivity index (χ3v) is 4.56. The van der Waals surface area contributed by atoms with Gasteiger partial charge in [-0.15, -0.1) is 0 Å². The third-order valence-electron chi connectivity index (χ3n) is 3.58. The Morgan fingerprint density at radius 3 is 2.52 bits per heavy atom. The van der Waals surface area contributed by atoms with Crippen LogP contribution in [0, 0.1) is 11.3 Å². The Morgan fingerprint density at radius 2 is 1.89 bits per heavy atom. The van der Waals surface area contributed by atoms with Gasteiger partial charge in [-0.3, -0.25) is 4.79 Å². The topological polar surface area (TPSA) is 91.8 Å². The van der Waals surface area contributed by atoms with Crippen molar-refractivity contribution in [3.63, 3.8) is 0 Å². The number of ketones is 1. The molecule has 0 saturated carbocycles. The average Bonchev–Trinajstić information content (AvgIpc) is 3.01. The maximum absolute atomic E-state index is 12.6. The van der Waals surface area contributed by atoms with Crippen LogP contribution >= 0.6 is 11.3 Å². The molecule has 0 aliphatic rings. The fourth-order valence-electron chi connectivity index (χ4n) is 2.28. The fourth-order valence-corrected chi connectivity index (χ4v) is 3.14. The molecule has 0 amide bonds. The van der Waals surface area contributed by atoms with Crippen molar-refractivity contribution in [1.82, 2.24) is 4.98 Å². The Balaban J connectivity index is 1.82. The number of carbonyl (C=O) groups is 1. The van der Waals surface area contributed by atoms with Crippen LogP contribution in [0.3, 0.4) is 0 Å². The number of benzene rings is 2. The number of rotatable bonds is 4. The number of nitrogen functional groups attached to an aromatic ring is 1. The summed E-state index contributed by atoms with van der Waals surface area (Å²) in [5.74, 6) is -0.385. The van der Waals surface area contributed by atoms with E-state index in [9.17, 15) is 18.0 Å². The van der Waals surface area contributed by atoms with Gasteiger partial charge in [0.2, 0.25) is 5.78 Å². The average molecular weight is 388 g/mol. The minimum Gasteiger partial charge on any atom is -0.382 e. The highest BCUT2D eigenvalue weighted by atomic mass is 32.1. The first-order chi connectivity index (χ1) is 12.8. The summed E-state index contributed by atoms with van der Waals surface area (Å²) < 4.78 is 37.8. The molecule has 3 aromatic rings. The largest absolute Gasteiger partial charge is 0.416 e. The number of aromatic nitrogens is 1. The Labute approximate surface area is 155 Å². The first-order valence-electron chi connectivity index (χ1n) is 7.53. The first-order valence-corrected chi connectivity index (χ1v) is 8.35. The van der Waals surface area contributed by atoms with Crippen LogP contribution in [0.2, 0.25) is 0 Å². The summed E-state index contributed by atoms with van der Waals surface area (Å²) in [7, 11) is 0. The lowest BCUT2D eigenvalue weighted by atomic mass is 10.1. The van der Waals surface area contributed by atoms with Gasteiger partial charge in [-0.2, -0.15) is 18.4 Å². The number of nitrogens with two attached hydrogens (primary N) is 1. The highest BCUT2D eigenvalue weighted by molar-refractivity contribution is 7.18. The number of nitrogens with one attached hydrogen (secondary N) is 1. The van der Waals surface area contributed by atoms with Gasteiger partial charge in [0.15, 0.2) is 5.13 Å². The van der Waals surface area contributed by atoms with E-state index in [-0.39, 0.29) is 21.6 Å². The quantitative estimate of drug-likeness (QED) is 0.638. The van der Waals surface area contributed by atoms with Crippen molar-refractivity contribution >= 4 is 33.8 Å². The second-order valence-electron chi connectivity index (χ2n) is 5.46. The zero-order valence-corrected chi connectivity index (χ0v) is 14.4. The molecular formula is C18H11F3N4OS. The van der Waals surface area contributed by atoms with Crippen LogP contribution < -0.4 is 11.1 Å². The predicted molar refractivity (Wildman–Crippen MR) is 95.8 cm³/mol. The smallest absolute Gasteiger partial charge is 0.382 e. The molecule has 0 unspecified atom stereocenters. The molecule has 1 heterocycles. The summed E-state index contributed by atoms with van der Waals surface area (Å²) >= 11 is 0.979. The maximum atomic E-state index is 12.6. The highest BCUT2D eigenvalue weighted by Gasteiger charge is 2.30. The molecule has 0 atom stereocenters. The number of hydrogen-bond donors (Lipinski definition) is 2. The molecule has 136 valence electrons. The molecule has 3 N–H and O–H groups in total. The number of alkyl halides is 3. The lowest BCUT2D eigenvalue weighted by Gasteiger charge is -2.07. The molecule has 0 aliphatic carbocycles. The fraction of sp³-hybridized carbons (Fsp3) is 0.0556. The normalized spacial score (nSPS) is 11.0. The Hall–Kier alpha value is -3.38. The molecule has 1 aromatic heterocycles. The SMILES string of the molecule is N#Cc1cccc(C(=O)c2sc(Nc3ccc(C(F)(F)F)cc3)nc2N)c1. The Bertz CT molecular complexity index is 1040. The number of halogens is 3. The van der Waals surface area contributed by atoms with E-state index in [2.05, 4.69) is 10.3 Å². The van der Waals surface area contributed by atoms with Crippen molar-refractivity contribution in [2.75, 3.05) is 11.1 Å². The van der Waals surface area contributed by atoms with Crippen LogP contribution in [0.5, 0.6) is 0 Å². The van der Waals surface area contributed by atoms with Crippen LogP contribution in [0.4, 0.5) is 29.8 Å². The third kappa shape index (κ3) is 4.07. The number of hydrogen-bond acceptors (Lipinski definition) is 6. The zero-order chi connectivity index (χ0) is 19.6. The number of anilines is 3. The maximum Gasteiger partial charge on any atom is 0.416 e. The van der Waals surface area contributed by atoms with Crippen molar-refractivity contribution in [3.8, 4) is 6.07 Å². The summed E-state index contributed by atoms with van der Waals surface area (Å²) in [6.45, 7) is 0. The van der Waals surface area contributed by atoms with Crippen LogP contribution in [-0.4, -0.2) is 10.8 Å². The molecular weight excluding hydrogens is 377 g/mol. The van der Waals surface area contributed by atoms with Gasteiger partial charge in [-0.1, -0.05) is 23.5 Å². The van der Waals surface area contributed by atoms with Gasteiger partial charge in [-0.25, -0.2) is 4.98 Å². The molecule has 0 spiro atoms. The molecule has 9 heteroatoms. The van der Waals surface area contributed by atoms with E-state index >= 15 is 0 Å². The van der Waals surface area contributed by atoms with Gasteiger partial charge in [0.25, 0.3) is 0 Å². The molecule has 0 saturated heterocycles. The summed E-state index contributed by atoms with van der Waals surface area (Å²) in [5.41, 5.74) is 6.06. The van der Waals surface area contributed by atoms with Crippen LogP contribution in [-0.2, 0) is 6.18 Å². The van der Waals surface area contributed by atoms with E-state index in [1.54, 1.807) is 18.2 Å². The second kappa shape index (κ2) is 7.09.